The minimum atomic E-state index is 0. The quantitative estimate of drug-likeness (QED) is 0.373. The van der Waals surface area contributed by atoms with Gasteiger partial charge in [0.1, 0.15) is 0 Å². The van der Waals surface area contributed by atoms with Gasteiger partial charge in [-0.15, -0.1) is 12.4 Å². The van der Waals surface area contributed by atoms with Crippen LogP contribution in [0.2, 0.25) is 0 Å². The molecule has 0 aromatic heterocycles. The molecule has 5 nitrogen and oxygen atoms in total. The van der Waals surface area contributed by atoms with Crippen LogP contribution in [0.1, 0.15) is 13.3 Å². The number of nitrogens with zero attached hydrogens (tertiary/aromatic N) is 3. The van der Waals surface area contributed by atoms with Crippen LogP contribution in [0.15, 0.2) is 9.98 Å². The molecule has 0 N–H and O–H groups in total. The molecule has 0 atom stereocenters. The van der Waals surface area contributed by atoms with Crippen molar-refractivity contribution in [3.05, 3.63) is 0 Å². The van der Waals surface area contributed by atoms with Gasteiger partial charge in [-0.1, -0.05) is 5.23 Å². The van der Waals surface area contributed by atoms with Crippen LogP contribution < -0.4 is 0 Å². The van der Waals surface area contributed by atoms with E-state index in [9.17, 15) is 0 Å². The summed E-state index contributed by atoms with van der Waals surface area (Å²) in [6.07, 6.45) is 0.855. The highest BCUT2D eigenvalue weighted by Gasteiger charge is 1.98. The van der Waals surface area contributed by atoms with Gasteiger partial charge >= 0.3 is 0 Å². The lowest BCUT2D eigenvalue weighted by molar-refractivity contribution is -0.342. The van der Waals surface area contributed by atoms with Gasteiger partial charge in [-0.25, -0.2) is 9.98 Å². The zero-order chi connectivity index (χ0) is 9.94. The first kappa shape index (κ1) is 16.0. The van der Waals surface area contributed by atoms with Gasteiger partial charge in [0.25, 0.3) is 0 Å². The molecule has 0 aromatic rings. The number of rotatable bonds is 7. The average Bonchev–Trinajstić information content (AvgIpc) is 2.17. The maximum Gasteiger partial charge on any atom is 0.0892 e. The second-order valence-corrected chi connectivity index (χ2v) is 2.23. The second kappa shape index (κ2) is 12.5. The van der Waals surface area contributed by atoms with Crippen LogP contribution in [0.3, 0.4) is 0 Å². The van der Waals surface area contributed by atoms with Gasteiger partial charge in [-0.2, -0.15) is 0 Å². The molecule has 0 amide bonds. The third-order valence-electron chi connectivity index (χ3n) is 1.32. The van der Waals surface area contributed by atoms with Gasteiger partial charge in [0.15, 0.2) is 0 Å². The molecule has 0 rings (SSSR count). The molecule has 0 bridgehead atoms. The molecule has 0 spiro atoms. The molecule has 0 aliphatic heterocycles. The van der Waals surface area contributed by atoms with Crippen molar-refractivity contribution in [1.29, 1.82) is 0 Å². The summed E-state index contributed by atoms with van der Waals surface area (Å²) in [7, 11) is 3.12. The van der Waals surface area contributed by atoms with Crippen molar-refractivity contribution in [2.45, 2.75) is 13.3 Å². The van der Waals surface area contributed by atoms with Gasteiger partial charge in [0.05, 0.1) is 33.3 Å². The number of hydrogen-bond acceptors (Lipinski definition) is 5. The number of hydroxylamine groups is 2. The van der Waals surface area contributed by atoms with Crippen LogP contribution >= 0.6 is 12.4 Å². The van der Waals surface area contributed by atoms with Crippen molar-refractivity contribution < 1.29 is 9.68 Å². The van der Waals surface area contributed by atoms with E-state index in [1.54, 1.807) is 14.2 Å². The fourth-order valence-electron chi connectivity index (χ4n) is 0.707. The minimum absolute atomic E-state index is 0. The van der Waals surface area contributed by atoms with Gasteiger partial charge in [-0.05, 0) is 13.3 Å². The Bertz CT molecular complexity index is 168. The number of aliphatic imine (C=N–C) groups is 2. The summed E-state index contributed by atoms with van der Waals surface area (Å²) < 4.78 is 0. The average molecular weight is 224 g/mol. The van der Waals surface area contributed by atoms with E-state index in [1.165, 1.54) is 5.23 Å². The molecule has 0 unspecified atom stereocenters. The Labute approximate surface area is 91.1 Å². The molecule has 0 aromatic carbocycles. The summed E-state index contributed by atoms with van der Waals surface area (Å²) in [5.74, 6) is 0. The number of halogens is 1. The summed E-state index contributed by atoms with van der Waals surface area (Å²) in [6, 6.07) is 2.59. The molecule has 0 radical (unpaired) electrons. The molecule has 0 saturated heterocycles. The summed E-state index contributed by atoms with van der Waals surface area (Å²) in [5.41, 5.74) is 0. The standard InChI is InChI=1S/C8H17N3O2.ClH/c1-4-9-8-10-6-5-7-11(12-2)13-3;/h4-7H2,1-3H3;1H. The molecule has 14 heavy (non-hydrogen) atoms. The molecule has 0 aliphatic rings. The van der Waals surface area contributed by atoms with E-state index in [0.29, 0.717) is 13.1 Å². The van der Waals surface area contributed by atoms with Crippen molar-refractivity contribution >= 4 is 18.4 Å². The lowest BCUT2D eigenvalue weighted by atomic mass is 10.4. The van der Waals surface area contributed by atoms with Gasteiger partial charge < -0.3 is 0 Å². The van der Waals surface area contributed by atoms with E-state index in [2.05, 4.69) is 16.0 Å². The predicted molar refractivity (Wildman–Crippen MR) is 57.9 cm³/mol. The van der Waals surface area contributed by atoms with Crippen LogP contribution in [0, 0.1) is 0 Å². The van der Waals surface area contributed by atoms with E-state index in [0.717, 1.165) is 13.0 Å². The third-order valence-corrected chi connectivity index (χ3v) is 1.32. The highest BCUT2D eigenvalue weighted by molar-refractivity contribution is 5.85. The largest absolute Gasteiger partial charge is 0.278 e. The van der Waals surface area contributed by atoms with E-state index in [1.807, 2.05) is 6.92 Å². The highest BCUT2D eigenvalue weighted by atomic mass is 35.5. The Hall–Kier alpha value is -0.450. The minimum Gasteiger partial charge on any atom is -0.278 e. The summed E-state index contributed by atoms with van der Waals surface area (Å²) in [5, 5.41) is 1.40. The molecule has 84 valence electrons. The second-order valence-electron chi connectivity index (χ2n) is 2.23. The molecular formula is C8H18ClN3O2. The maximum absolute atomic E-state index is 4.85. The van der Waals surface area contributed by atoms with E-state index < -0.39 is 0 Å². The Morgan fingerprint density at radius 3 is 2.36 bits per heavy atom. The summed E-state index contributed by atoms with van der Waals surface area (Å²) in [6.45, 7) is 4.04. The van der Waals surface area contributed by atoms with E-state index >= 15 is 0 Å². The third kappa shape index (κ3) is 9.64. The lowest BCUT2D eigenvalue weighted by Gasteiger charge is -2.14. The van der Waals surface area contributed by atoms with Crippen LogP contribution in [-0.4, -0.2) is 45.1 Å². The first-order valence-electron chi connectivity index (χ1n) is 4.28. The van der Waals surface area contributed by atoms with E-state index in [4.69, 9.17) is 9.68 Å². The Morgan fingerprint density at radius 2 is 1.86 bits per heavy atom. The fourth-order valence-corrected chi connectivity index (χ4v) is 0.707. The van der Waals surface area contributed by atoms with Gasteiger partial charge in [0.2, 0.25) is 0 Å². The summed E-state index contributed by atoms with van der Waals surface area (Å²) >= 11 is 0. The predicted octanol–water partition coefficient (Wildman–Crippen LogP) is 1.42. The van der Waals surface area contributed by atoms with Gasteiger partial charge in [-0.3, -0.25) is 9.68 Å². The summed E-state index contributed by atoms with van der Waals surface area (Å²) in [4.78, 5) is 17.5. The normalized spacial score (nSPS) is 9.14. The SMILES string of the molecule is CCN=C=NCCCN(OC)OC.Cl. The molecule has 0 fully saturated rings. The monoisotopic (exact) mass is 223 g/mol. The smallest absolute Gasteiger partial charge is 0.0892 e. The van der Waals surface area contributed by atoms with Crippen LogP contribution in [0.5, 0.6) is 0 Å². The zero-order valence-corrected chi connectivity index (χ0v) is 9.71. The first-order chi connectivity index (χ1) is 6.35. The molecule has 6 heteroatoms. The first-order valence-corrected chi connectivity index (χ1v) is 4.28. The van der Waals surface area contributed by atoms with Crippen molar-refractivity contribution in [3.63, 3.8) is 0 Å². The lowest BCUT2D eigenvalue weighted by Crippen LogP contribution is -2.22. The van der Waals surface area contributed by atoms with Crippen molar-refractivity contribution in [3.8, 4) is 0 Å². The van der Waals surface area contributed by atoms with Crippen LogP contribution in [-0.2, 0) is 9.68 Å². The molecule has 0 aliphatic carbocycles. The van der Waals surface area contributed by atoms with Crippen molar-refractivity contribution in [2.24, 2.45) is 9.98 Å². The highest BCUT2D eigenvalue weighted by Crippen LogP contribution is 1.90. The molecular weight excluding hydrogens is 206 g/mol. The fraction of sp³-hybridized carbons (Fsp3) is 0.875. The Balaban J connectivity index is 0. The number of hydrogen-bond donors (Lipinski definition) is 0. The van der Waals surface area contributed by atoms with Crippen LogP contribution in [0.4, 0.5) is 0 Å². The van der Waals surface area contributed by atoms with Crippen molar-refractivity contribution in [1.82, 2.24) is 5.23 Å². The van der Waals surface area contributed by atoms with E-state index in [-0.39, 0.29) is 12.4 Å². The van der Waals surface area contributed by atoms with Crippen molar-refractivity contribution in [2.75, 3.05) is 33.9 Å². The Morgan fingerprint density at radius 1 is 1.21 bits per heavy atom. The molecule has 0 heterocycles. The van der Waals surface area contributed by atoms with Crippen LogP contribution in [0.25, 0.3) is 0 Å². The topological polar surface area (TPSA) is 46.4 Å². The molecule has 0 saturated carbocycles. The Kier molecular flexibility index (Phi) is 14.3. The zero-order valence-electron chi connectivity index (χ0n) is 8.89. The maximum atomic E-state index is 4.85. The van der Waals surface area contributed by atoms with Gasteiger partial charge in [0, 0.05) is 6.54 Å².